The monoisotopic (exact) mass is 269 g/mol. The molecule has 0 saturated carbocycles. The minimum absolute atomic E-state index is 0.0189. The molecule has 5 heteroatoms. The second-order valence-electron chi connectivity index (χ2n) is 5.02. The molecule has 1 aromatic rings. The third kappa shape index (κ3) is 2.39. The Morgan fingerprint density at radius 2 is 1.95 bits per heavy atom. The van der Waals surface area contributed by atoms with E-state index in [0.717, 1.165) is 6.42 Å². The molecule has 1 atom stereocenters. The van der Waals surface area contributed by atoms with Crippen LogP contribution in [0.15, 0.2) is 18.2 Å². The summed E-state index contributed by atoms with van der Waals surface area (Å²) >= 11 is 0. The fourth-order valence-electron chi connectivity index (χ4n) is 2.57. The predicted octanol–water partition coefficient (Wildman–Crippen LogP) is 2.55. The lowest BCUT2D eigenvalue weighted by Crippen LogP contribution is -2.27. The van der Waals surface area contributed by atoms with Crippen molar-refractivity contribution in [3.8, 4) is 11.5 Å². The molecule has 3 nitrogen and oxygen atoms in total. The van der Waals surface area contributed by atoms with Crippen molar-refractivity contribution in [2.24, 2.45) is 5.92 Å². The zero-order valence-electron chi connectivity index (χ0n) is 10.6. The average molecular weight is 269 g/mol. The van der Waals surface area contributed by atoms with Crippen LogP contribution in [-0.2, 0) is 5.92 Å². The van der Waals surface area contributed by atoms with Crippen LogP contribution in [0, 0.1) is 5.92 Å². The Hall–Kier alpha value is -1.36. The van der Waals surface area contributed by atoms with Gasteiger partial charge < -0.3 is 14.8 Å². The molecule has 1 aromatic carbocycles. The number of halogens is 2. The fraction of sp³-hybridized carbons (Fsp3) is 0.571. The van der Waals surface area contributed by atoms with E-state index in [9.17, 15) is 8.78 Å². The van der Waals surface area contributed by atoms with Crippen molar-refractivity contribution >= 4 is 0 Å². The summed E-state index contributed by atoms with van der Waals surface area (Å²) in [4.78, 5) is 0. The molecule has 0 amide bonds. The minimum atomic E-state index is -2.83. The first kappa shape index (κ1) is 12.7. The van der Waals surface area contributed by atoms with Crippen molar-refractivity contribution in [2.45, 2.75) is 18.8 Å². The summed E-state index contributed by atoms with van der Waals surface area (Å²) in [6, 6.07) is 4.47. The van der Waals surface area contributed by atoms with Crippen LogP contribution in [-0.4, -0.2) is 26.3 Å². The van der Waals surface area contributed by atoms with Gasteiger partial charge in [-0.25, -0.2) is 8.78 Å². The van der Waals surface area contributed by atoms with E-state index in [2.05, 4.69) is 5.32 Å². The number of nitrogens with one attached hydrogen (secondary N) is 1. The molecule has 0 spiro atoms. The second kappa shape index (κ2) is 4.96. The topological polar surface area (TPSA) is 30.5 Å². The first-order valence-corrected chi connectivity index (χ1v) is 6.66. The van der Waals surface area contributed by atoms with Crippen LogP contribution in [0.5, 0.6) is 11.5 Å². The van der Waals surface area contributed by atoms with E-state index in [1.165, 1.54) is 12.1 Å². The Morgan fingerprint density at radius 3 is 2.68 bits per heavy atom. The molecule has 0 aromatic heterocycles. The first-order valence-electron chi connectivity index (χ1n) is 6.66. The summed E-state index contributed by atoms with van der Waals surface area (Å²) in [5, 5.41) is 2.98. The van der Waals surface area contributed by atoms with Gasteiger partial charge in [0.15, 0.2) is 11.5 Å². The highest BCUT2D eigenvalue weighted by Crippen LogP contribution is 2.42. The molecule has 1 unspecified atom stereocenters. The Kier molecular flexibility index (Phi) is 3.31. The number of benzene rings is 1. The summed E-state index contributed by atoms with van der Waals surface area (Å²) in [7, 11) is 0. The van der Waals surface area contributed by atoms with E-state index in [1.54, 1.807) is 6.07 Å². The van der Waals surface area contributed by atoms with Gasteiger partial charge in [0.05, 0.1) is 13.2 Å². The van der Waals surface area contributed by atoms with E-state index in [1.807, 2.05) is 0 Å². The Bertz CT molecular complexity index is 459. The van der Waals surface area contributed by atoms with Crippen molar-refractivity contribution in [2.75, 3.05) is 26.3 Å². The van der Waals surface area contributed by atoms with Gasteiger partial charge in [-0.1, -0.05) is 0 Å². The fourth-order valence-corrected chi connectivity index (χ4v) is 2.57. The van der Waals surface area contributed by atoms with Crippen LogP contribution >= 0.6 is 0 Å². The molecule has 0 bridgehead atoms. The number of hydrogen-bond acceptors (Lipinski definition) is 3. The van der Waals surface area contributed by atoms with Gasteiger partial charge in [0.25, 0.3) is 5.92 Å². The molecule has 2 aliphatic heterocycles. The Labute approximate surface area is 110 Å². The van der Waals surface area contributed by atoms with E-state index in [4.69, 9.17) is 9.47 Å². The average Bonchev–Trinajstić information content (AvgIpc) is 2.85. The molecule has 2 aliphatic rings. The minimum Gasteiger partial charge on any atom is -0.490 e. The van der Waals surface area contributed by atoms with Crippen LogP contribution in [0.25, 0.3) is 0 Å². The normalized spacial score (nSPS) is 23.2. The lowest BCUT2D eigenvalue weighted by Gasteiger charge is -2.23. The number of hydrogen-bond donors (Lipinski definition) is 1. The van der Waals surface area contributed by atoms with Crippen molar-refractivity contribution in [3.05, 3.63) is 23.8 Å². The van der Waals surface area contributed by atoms with Crippen LogP contribution in [0.2, 0.25) is 0 Å². The molecule has 19 heavy (non-hydrogen) atoms. The van der Waals surface area contributed by atoms with Crippen LogP contribution in [0.3, 0.4) is 0 Å². The van der Waals surface area contributed by atoms with E-state index < -0.39 is 11.8 Å². The number of ether oxygens (including phenoxy) is 2. The SMILES string of the molecule is FC(F)(c1ccc2c(c1)OCCCO2)C1CCNC1. The number of fused-ring (bicyclic) bond motifs is 1. The van der Waals surface area contributed by atoms with E-state index in [0.29, 0.717) is 44.2 Å². The molecule has 1 saturated heterocycles. The summed E-state index contributed by atoms with van der Waals surface area (Å²) in [6.45, 7) is 2.09. The smallest absolute Gasteiger partial charge is 0.277 e. The third-order valence-corrected chi connectivity index (χ3v) is 3.71. The molecule has 1 N–H and O–H groups in total. The number of rotatable bonds is 2. The first-order chi connectivity index (χ1) is 9.18. The third-order valence-electron chi connectivity index (χ3n) is 3.71. The lowest BCUT2D eigenvalue weighted by atomic mass is 9.93. The molecular formula is C14H17F2NO2. The lowest BCUT2D eigenvalue weighted by molar-refractivity contribution is -0.0577. The van der Waals surface area contributed by atoms with Crippen LogP contribution in [0.4, 0.5) is 8.78 Å². The zero-order valence-corrected chi connectivity index (χ0v) is 10.6. The summed E-state index contributed by atoms with van der Waals surface area (Å²) in [6.07, 6.45) is 1.27. The van der Waals surface area contributed by atoms with Crippen molar-refractivity contribution in [1.29, 1.82) is 0 Å². The quantitative estimate of drug-likeness (QED) is 0.895. The zero-order chi connectivity index (χ0) is 13.3. The Balaban J connectivity index is 1.90. The van der Waals surface area contributed by atoms with Crippen molar-refractivity contribution < 1.29 is 18.3 Å². The van der Waals surface area contributed by atoms with Gasteiger partial charge in [-0.15, -0.1) is 0 Å². The van der Waals surface area contributed by atoms with E-state index >= 15 is 0 Å². The van der Waals surface area contributed by atoms with Gasteiger partial charge in [-0.2, -0.15) is 0 Å². The molecule has 104 valence electrons. The largest absolute Gasteiger partial charge is 0.490 e. The highest BCUT2D eigenvalue weighted by molar-refractivity contribution is 5.44. The van der Waals surface area contributed by atoms with Gasteiger partial charge in [0.2, 0.25) is 0 Å². The van der Waals surface area contributed by atoms with Crippen LogP contribution in [0.1, 0.15) is 18.4 Å². The molecule has 0 radical (unpaired) electrons. The van der Waals surface area contributed by atoms with Gasteiger partial charge in [-0.3, -0.25) is 0 Å². The van der Waals surface area contributed by atoms with E-state index in [-0.39, 0.29) is 5.56 Å². The second-order valence-corrected chi connectivity index (χ2v) is 5.02. The molecule has 1 fully saturated rings. The number of alkyl halides is 2. The van der Waals surface area contributed by atoms with Gasteiger partial charge in [-0.05, 0) is 31.2 Å². The molecule has 2 heterocycles. The maximum Gasteiger partial charge on any atom is 0.277 e. The summed E-state index contributed by atoms with van der Waals surface area (Å²) < 4.78 is 39.7. The maximum atomic E-state index is 14.4. The van der Waals surface area contributed by atoms with Crippen LogP contribution < -0.4 is 14.8 Å². The highest BCUT2D eigenvalue weighted by Gasteiger charge is 2.43. The predicted molar refractivity (Wildman–Crippen MR) is 66.9 cm³/mol. The van der Waals surface area contributed by atoms with Gasteiger partial charge in [0.1, 0.15) is 0 Å². The molecular weight excluding hydrogens is 252 g/mol. The highest BCUT2D eigenvalue weighted by atomic mass is 19.3. The summed E-state index contributed by atoms with van der Waals surface area (Å²) in [5.41, 5.74) is 0.0189. The Morgan fingerprint density at radius 1 is 1.16 bits per heavy atom. The standard InChI is InChI=1S/C14H17F2NO2/c15-14(16,11-4-5-17-9-11)10-2-3-12-13(8-10)19-7-1-6-18-12/h2-3,8,11,17H,1,4-7,9H2. The molecule has 0 aliphatic carbocycles. The molecule has 3 rings (SSSR count). The van der Waals surface area contributed by atoms with Gasteiger partial charge in [0, 0.05) is 24.4 Å². The summed E-state index contributed by atoms with van der Waals surface area (Å²) in [5.74, 6) is -2.48. The maximum absolute atomic E-state index is 14.4. The van der Waals surface area contributed by atoms with Gasteiger partial charge >= 0.3 is 0 Å². The van der Waals surface area contributed by atoms with Crippen molar-refractivity contribution in [3.63, 3.8) is 0 Å². The van der Waals surface area contributed by atoms with Crippen molar-refractivity contribution in [1.82, 2.24) is 5.32 Å².